The first-order chi connectivity index (χ1) is 8.35. The molecule has 1 amide bonds. The van der Waals surface area contributed by atoms with Gasteiger partial charge in [0.15, 0.2) is 0 Å². The predicted molar refractivity (Wildman–Crippen MR) is 65.3 cm³/mol. The van der Waals surface area contributed by atoms with Crippen molar-refractivity contribution >= 4 is 17.6 Å². The Kier molecular flexibility index (Phi) is 4.38. The second-order valence-corrected chi connectivity index (χ2v) is 4.28. The Morgan fingerprint density at radius 3 is 2.56 bits per heavy atom. The van der Waals surface area contributed by atoms with Crippen molar-refractivity contribution in [2.24, 2.45) is 0 Å². The standard InChI is InChI=1S/C12H16N2O4/c1-12(2,18-3)11(17)14-9-5-4-8(13-7-9)6-10(15)16/h4-5,7H,6H2,1-3H3,(H,14,17)(H,15,16). The number of methoxy groups -OCH3 is 1. The lowest BCUT2D eigenvalue weighted by Gasteiger charge is -2.21. The minimum atomic E-state index is -0.945. The van der Waals surface area contributed by atoms with Gasteiger partial charge in [0, 0.05) is 7.11 Å². The van der Waals surface area contributed by atoms with Gasteiger partial charge in [0.05, 0.1) is 24.0 Å². The van der Waals surface area contributed by atoms with Gasteiger partial charge in [-0.25, -0.2) is 0 Å². The minimum absolute atomic E-state index is 0.141. The van der Waals surface area contributed by atoms with Crippen molar-refractivity contribution in [1.82, 2.24) is 4.98 Å². The summed E-state index contributed by atoms with van der Waals surface area (Å²) in [6, 6.07) is 3.17. The van der Waals surface area contributed by atoms with Crippen LogP contribution in [0.15, 0.2) is 18.3 Å². The lowest BCUT2D eigenvalue weighted by atomic mass is 10.1. The summed E-state index contributed by atoms with van der Waals surface area (Å²) >= 11 is 0. The van der Waals surface area contributed by atoms with E-state index in [1.165, 1.54) is 13.3 Å². The van der Waals surface area contributed by atoms with Crippen molar-refractivity contribution in [1.29, 1.82) is 0 Å². The van der Waals surface area contributed by atoms with Crippen LogP contribution in [0, 0.1) is 0 Å². The molecule has 2 N–H and O–H groups in total. The van der Waals surface area contributed by atoms with Crippen molar-refractivity contribution in [3.05, 3.63) is 24.0 Å². The number of aromatic nitrogens is 1. The number of aliphatic carboxylic acids is 1. The third-order valence-corrected chi connectivity index (χ3v) is 2.47. The predicted octanol–water partition coefficient (Wildman–Crippen LogP) is 1.07. The van der Waals surface area contributed by atoms with Crippen LogP contribution < -0.4 is 5.32 Å². The molecule has 1 rings (SSSR count). The first kappa shape index (κ1) is 14.1. The Hall–Kier alpha value is -1.95. The van der Waals surface area contributed by atoms with Gasteiger partial charge in [-0.15, -0.1) is 0 Å². The second kappa shape index (κ2) is 5.59. The summed E-state index contributed by atoms with van der Waals surface area (Å²) in [6.45, 7) is 3.29. The summed E-state index contributed by atoms with van der Waals surface area (Å²) < 4.78 is 5.04. The second-order valence-electron chi connectivity index (χ2n) is 4.28. The van der Waals surface area contributed by atoms with Crippen molar-refractivity contribution in [2.75, 3.05) is 12.4 Å². The first-order valence-electron chi connectivity index (χ1n) is 5.38. The number of pyridine rings is 1. The molecule has 0 saturated carbocycles. The van der Waals surface area contributed by atoms with Crippen molar-refractivity contribution in [2.45, 2.75) is 25.9 Å². The van der Waals surface area contributed by atoms with E-state index in [0.717, 1.165) is 0 Å². The average molecular weight is 252 g/mol. The molecule has 98 valence electrons. The highest BCUT2D eigenvalue weighted by atomic mass is 16.5. The summed E-state index contributed by atoms with van der Waals surface area (Å²) in [6.07, 6.45) is 1.28. The minimum Gasteiger partial charge on any atom is -0.481 e. The quantitative estimate of drug-likeness (QED) is 0.818. The fourth-order valence-electron chi connectivity index (χ4n) is 1.13. The molecule has 6 nitrogen and oxygen atoms in total. The van der Waals surface area contributed by atoms with Gasteiger partial charge >= 0.3 is 5.97 Å². The number of carbonyl (C=O) groups is 2. The van der Waals surface area contributed by atoms with E-state index < -0.39 is 11.6 Å². The van der Waals surface area contributed by atoms with Gasteiger partial charge in [-0.05, 0) is 26.0 Å². The van der Waals surface area contributed by atoms with Crippen LogP contribution in [0.3, 0.4) is 0 Å². The highest BCUT2D eigenvalue weighted by Gasteiger charge is 2.26. The van der Waals surface area contributed by atoms with Gasteiger partial charge in [-0.3, -0.25) is 14.6 Å². The Labute approximate surface area is 105 Å². The third-order valence-electron chi connectivity index (χ3n) is 2.47. The van der Waals surface area contributed by atoms with Crippen LogP contribution in [0.2, 0.25) is 0 Å². The smallest absolute Gasteiger partial charge is 0.309 e. The largest absolute Gasteiger partial charge is 0.481 e. The number of nitrogens with zero attached hydrogens (tertiary/aromatic N) is 1. The number of anilines is 1. The van der Waals surface area contributed by atoms with E-state index in [9.17, 15) is 9.59 Å². The lowest BCUT2D eigenvalue weighted by molar-refractivity contribution is -0.136. The molecule has 0 aliphatic rings. The molecule has 0 radical (unpaired) electrons. The summed E-state index contributed by atoms with van der Waals surface area (Å²) in [5.41, 5.74) is 0.00508. The van der Waals surface area contributed by atoms with Crippen molar-refractivity contribution in [3.63, 3.8) is 0 Å². The number of amides is 1. The maximum absolute atomic E-state index is 11.8. The zero-order valence-corrected chi connectivity index (χ0v) is 10.6. The molecule has 0 aliphatic heterocycles. The molecule has 0 aromatic carbocycles. The fourth-order valence-corrected chi connectivity index (χ4v) is 1.13. The molecule has 6 heteroatoms. The topological polar surface area (TPSA) is 88.5 Å². The van der Waals surface area contributed by atoms with Crippen LogP contribution in [0.4, 0.5) is 5.69 Å². The number of hydrogen-bond donors (Lipinski definition) is 2. The molecule has 18 heavy (non-hydrogen) atoms. The van der Waals surface area contributed by atoms with E-state index in [1.807, 2.05) is 0 Å². The zero-order chi connectivity index (χ0) is 13.8. The average Bonchev–Trinajstić information content (AvgIpc) is 2.31. The maximum atomic E-state index is 11.8. The van der Waals surface area contributed by atoms with Crippen molar-refractivity contribution < 1.29 is 19.4 Å². The molecule has 0 spiro atoms. The highest BCUT2D eigenvalue weighted by molar-refractivity contribution is 5.96. The van der Waals surface area contributed by atoms with E-state index in [-0.39, 0.29) is 12.3 Å². The number of carbonyl (C=O) groups excluding carboxylic acids is 1. The molecule has 0 atom stereocenters. The summed E-state index contributed by atoms with van der Waals surface area (Å²) in [5.74, 6) is -1.24. The van der Waals surface area contributed by atoms with E-state index in [4.69, 9.17) is 9.84 Å². The Morgan fingerprint density at radius 1 is 1.44 bits per heavy atom. The maximum Gasteiger partial charge on any atom is 0.309 e. The molecule has 0 unspecified atom stereocenters. The molecule has 0 fully saturated rings. The van der Waals surface area contributed by atoms with Gasteiger partial charge in [0.25, 0.3) is 5.91 Å². The van der Waals surface area contributed by atoms with Gasteiger partial charge in [-0.1, -0.05) is 0 Å². The molecule has 1 aromatic heterocycles. The van der Waals surface area contributed by atoms with Crippen LogP contribution in [0.1, 0.15) is 19.5 Å². The van der Waals surface area contributed by atoms with Crippen LogP contribution in [-0.2, 0) is 20.7 Å². The van der Waals surface area contributed by atoms with Gasteiger partial charge < -0.3 is 15.2 Å². The van der Waals surface area contributed by atoms with Crippen LogP contribution in [-0.4, -0.2) is 34.7 Å². The number of hydrogen-bond acceptors (Lipinski definition) is 4. The lowest BCUT2D eigenvalue weighted by Crippen LogP contribution is -2.38. The molecule has 0 aliphatic carbocycles. The van der Waals surface area contributed by atoms with Crippen LogP contribution in [0.25, 0.3) is 0 Å². The first-order valence-corrected chi connectivity index (χ1v) is 5.38. The van der Waals surface area contributed by atoms with E-state index in [2.05, 4.69) is 10.3 Å². The number of ether oxygens (including phenoxy) is 1. The van der Waals surface area contributed by atoms with Gasteiger partial charge in [0.2, 0.25) is 0 Å². The molecule has 0 saturated heterocycles. The number of carboxylic acid groups (broad SMARTS) is 1. The van der Waals surface area contributed by atoms with E-state index >= 15 is 0 Å². The summed E-state index contributed by atoms with van der Waals surface area (Å²) in [7, 11) is 1.45. The number of carboxylic acids is 1. The number of rotatable bonds is 5. The van der Waals surface area contributed by atoms with Gasteiger partial charge in [-0.2, -0.15) is 0 Å². The fraction of sp³-hybridized carbons (Fsp3) is 0.417. The van der Waals surface area contributed by atoms with Crippen LogP contribution >= 0.6 is 0 Å². The highest BCUT2D eigenvalue weighted by Crippen LogP contribution is 2.13. The molecule has 1 heterocycles. The summed E-state index contributed by atoms with van der Waals surface area (Å²) in [5, 5.41) is 11.2. The van der Waals surface area contributed by atoms with E-state index in [0.29, 0.717) is 11.4 Å². The van der Waals surface area contributed by atoms with Crippen LogP contribution in [0.5, 0.6) is 0 Å². The Balaban J connectivity index is 2.69. The monoisotopic (exact) mass is 252 g/mol. The Morgan fingerprint density at radius 2 is 2.11 bits per heavy atom. The zero-order valence-electron chi connectivity index (χ0n) is 10.6. The molecular formula is C12H16N2O4. The van der Waals surface area contributed by atoms with Gasteiger partial charge in [0.1, 0.15) is 5.60 Å². The van der Waals surface area contributed by atoms with E-state index in [1.54, 1.807) is 26.0 Å². The summed E-state index contributed by atoms with van der Waals surface area (Å²) in [4.78, 5) is 26.2. The van der Waals surface area contributed by atoms with Crippen molar-refractivity contribution in [3.8, 4) is 0 Å². The number of nitrogens with one attached hydrogen (secondary N) is 1. The molecule has 1 aromatic rings. The molecule has 0 bridgehead atoms. The molecular weight excluding hydrogens is 236 g/mol. The SMILES string of the molecule is COC(C)(C)C(=O)Nc1ccc(CC(=O)O)nc1. The normalized spacial score (nSPS) is 11.1. The Bertz CT molecular complexity index is 440. The third kappa shape index (κ3) is 3.81.